The summed E-state index contributed by atoms with van der Waals surface area (Å²) in [5.74, 6) is 0.000116. The van der Waals surface area contributed by atoms with Gasteiger partial charge >= 0.3 is 0 Å². The van der Waals surface area contributed by atoms with E-state index in [-0.39, 0.29) is 31.2 Å². The molecule has 0 radical (unpaired) electrons. The molecule has 0 saturated heterocycles. The molecule has 1 aromatic carbocycles. The van der Waals surface area contributed by atoms with Crippen LogP contribution >= 0.6 is 0 Å². The molecule has 0 atom stereocenters. The lowest BCUT2D eigenvalue weighted by atomic mass is 10.3. The van der Waals surface area contributed by atoms with Crippen LogP contribution in [0, 0.1) is 0 Å². The lowest BCUT2D eigenvalue weighted by molar-refractivity contribution is -0.123. The molecule has 0 heterocycles. The Kier molecular flexibility index (Phi) is 5.58. The number of sulfonamides is 1. The lowest BCUT2D eigenvalue weighted by Crippen LogP contribution is -2.31. The molecule has 8 heteroatoms. The zero-order valence-corrected chi connectivity index (χ0v) is 11.2. The second kappa shape index (κ2) is 6.95. The van der Waals surface area contributed by atoms with Crippen molar-refractivity contribution >= 4 is 21.6 Å². The Morgan fingerprint density at radius 3 is 2.74 bits per heavy atom. The van der Waals surface area contributed by atoms with Crippen molar-refractivity contribution < 1.29 is 17.9 Å². The molecule has 7 nitrogen and oxygen atoms in total. The van der Waals surface area contributed by atoms with Gasteiger partial charge in [-0.1, -0.05) is 6.07 Å². The van der Waals surface area contributed by atoms with E-state index in [4.69, 9.17) is 15.6 Å². The third-order valence-electron chi connectivity index (χ3n) is 2.16. The summed E-state index contributed by atoms with van der Waals surface area (Å²) in [7, 11) is -3.48. The number of carbonyl (C=O) groups excluding carboxylic acids is 1. The van der Waals surface area contributed by atoms with Gasteiger partial charge in [0.2, 0.25) is 10.0 Å². The van der Waals surface area contributed by atoms with Crippen molar-refractivity contribution in [1.82, 2.24) is 5.32 Å². The molecule has 0 unspecified atom stereocenters. The van der Waals surface area contributed by atoms with Gasteiger partial charge in [0, 0.05) is 18.3 Å². The van der Waals surface area contributed by atoms with Crippen molar-refractivity contribution in [2.24, 2.45) is 5.14 Å². The van der Waals surface area contributed by atoms with E-state index in [0.29, 0.717) is 11.4 Å². The average molecular weight is 287 g/mol. The van der Waals surface area contributed by atoms with Crippen LogP contribution < -0.4 is 20.9 Å². The van der Waals surface area contributed by atoms with E-state index in [1.807, 2.05) is 0 Å². The predicted octanol–water partition coefficient (Wildman–Crippen LogP) is -0.558. The van der Waals surface area contributed by atoms with Gasteiger partial charge in [-0.15, -0.1) is 0 Å². The first kappa shape index (κ1) is 15.3. The third-order valence-corrected chi connectivity index (χ3v) is 3.01. The van der Waals surface area contributed by atoms with E-state index in [1.165, 1.54) is 0 Å². The van der Waals surface area contributed by atoms with Gasteiger partial charge in [-0.25, -0.2) is 13.6 Å². The van der Waals surface area contributed by atoms with Crippen LogP contribution in [0.5, 0.6) is 5.75 Å². The van der Waals surface area contributed by atoms with Gasteiger partial charge in [-0.2, -0.15) is 0 Å². The molecule has 0 spiro atoms. The zero-order valence-electron chi connectivity index (χ0n) is 10.3. The lowest BCUT2D eigenvalue weighted by Gasteiger charge is -2.07. The summed E-state index contributed by atoms with van der Waals surface area (Å²) in [6.07, 6.45) is 0.267. The molecule has 0 aliphatic carbocycles. The molecule has 0 fully saturated rings. The molecule has 5 N–H and O–H groups in total. The Labute approximate surface area is 112 Å². The van der Waals surface area contributed by atoms with Gasteiger partial charge in [0.15, 0.2) is 6.61 Å². The Hall–Kier alpha value is -1.80. The SMILES string of the molecule is Nc1cccc(OCC(=O)NCCCS(N)(=O)=O)c1. The number of ether oxygens (including phenoxy) is 1. The van der Waals surface area contributed by atoms with Gasteiger partial charge < -0.3 is 15.8 Å². The molecular weight excluding hydrogens is 270 g/mol. The highest BCUT2D eigenvalue weighted by Gasteiger charge is 2.05. The van der Waals surface area contributed by atoms with E-state index >= 15 is 0 Å². The molecule has 19 heavy (non-hydrogen) atoms. The normalized spacial score (nSPS) is 11.0. The molecule has 1 aromatic rings. The minimum atomic E-state index is -3.48. The first-order chi connectivity index (χ1) is 8.87. The maximum atomic E-state index is 11.4. The Balaban J connectivity index is 2.21. The molecule has 0 aliphatic heterocycles. The Bertz CT molecular complexity index is 530. The summed E-state index contributed by atoms with van der Waals surface area (Å²) in [4.78, 5) is 11.4. The second-order valence-electron chi connectivity index (χ2n) is 3.93. The number of hydrogen-bond acceptors (Lipinski definition) is 5. The van der Waals surface area contributed by atoms with Crippen LogP contribution in [-0.4, -0.2) is 33.2 Å². The zero-order chi connectivity index (χ0) is 14.3. The summed E-state index contributed by atoms with van der Waals surface area (Å²) in [6.45, 7) is 0.0778. The van der Waals surface area contributed by atoms with Crippen LogP contribution in [0.15, 0.2) is 24.3 Å². The maximum absolute atomic E-state index is 11.4. The van der Waals surface area contributed by atoms with Crippen LogP contribution in [0.4, 0.5) is 5.69 Å². The maximum Gasteiger partial charge on any atom is 0.257 e. The summed E-state index contributed by atoms with van der Waals surface area (Å²) >= 11 is 0. The number of anilines is 1. The van der Waals surface area contributed by atoms with Crippen LogP contribution in [0.3, 0.4) is 0 Å². The number of hydrogen-bond donors (Lipinski definition) is 3. The Morgan fingerprint density at radius 1 is 1.37 bits per heavy atom. The van der Waals surface area contributed by atoms with Crippen molar-refractivity contribution in [3.8, 4) is 5.75 Å². The monoisotopic (exact) mass is 287 g/mol. The van der Waals surface area contributed by atoms with Crippen molar-refractivity contribution in [2.75, 3.05) is 24.6 Å². The number of nitrogens with two attached hydrogens (primary N) is 2. The van der Waals surface area contributed by atoms with Crippen LogP contribution in [0.2, 0.25) is 0 Å². The van der Waals surface area contributed by atoms with E-state index < -0.39 is 10.0 Å². The van der Waals surface area contributed by atoms with E-state index in [1.54, 1.807) is 24.3 Å². The quantitative estimate of drug-likeness (QED) is 0.458. The highest BCUT2D eigenvalue weighted by molar-refractivity contribution is 7.89. The summed E-state index contributed by atoms with van der Waals surface area (Å²) in [6, 6.07) is 6.72. The van der Waals surface area contributed by atoms with E-state index in [2.05, 4.69) is 5.32 Å². The standard InChI is InChI=1S/C11H17N3O4S/c12-9-3-1-4-10(7-9)18-8-11(15)14-5-2-6-19(13,16)17/h1,3-4,7H,2,5-6,8,12H2,(H,14,15)(H2,13,16,17). The van der Waals surface area contributed by atoms with Gasteiger partial charge in [0.1, 0.15) is 5.75 Å². The number of carbonyl (C=O) groups is 1. The number of primary sulfonamides is 1. The predicted molar refractivity (Wildman–Crippen MR) is 72.0 cm³/mol. The van der Waals surface area contributed by atoms with Gasteiger partial charge in [-0.3, -0.25) is 4.79 Å². The fraction of sp³-hybridized carbons (Fsp3) is 0.364. The molecule has 1 rings (SSSR count). The van der Waals surface area contributed by atoms with Crippen LogP contribution in [0.25, 0.3) is 0 Å². The molecule has 106 valence electrons. The van der Waals surface area contributed by atoms with Crippen molar-refractivity contribution in [3.05, 3.63) is 24.3 Å². The van der Waals surface area contributed by atoms with Gasteiger partial charge in [0.25, 0.3) is 5.91 Å². The fourth-order valence-electron chi connectivity index (χ4n) is 1.31. The third kappa shape index (κ3) is 7.27. The minimum Gasteiger partial charge on any atom is -0.484 e. The van der Waals surface area contributed by atoms with Gasteiger partial charge in [0.05, 0.1) is 5.75 Å². The highest BCUT2D eigenvalue weighted by Crippen LogP contribution is 2.13. The smallest absolute Gasteiger partial charge is 0.257 e. The Morgan fingerprint density at radius 2 is 2.11 bits per heavy atom. The van der Waals surface area contributed by atoms with E-state index in [9.17, 15) is 13.2 Å². The number of amides is 1. The van der Waals surface area contributed by atoms with E-state index in [0.717, 1.165) is 0 Å². The topological polar surface area (TPSA) is 125 Å². The first-order valence-corrected chi connectivity index (χ1v) is 7.34. The molecule has 1 amide bonds. The fourth-order valence-corrected chi connectivity index (χ4v) is 1.85. The number of rotatable bonds is 7. The summed E-state index contributed by atoms with van der Waals surface area (Å²) in [5.41, 5.74) is 6.10. The highest BCUT2D eigenvalue weighted by atomic mass is 32.2. The van der Waals surface area contributed by atoms with Crippen LogP contribution in [-0.2, 0) is 14.8 Å². The number of nitrogens with one attached hydrogen (secondary N) is 1. The average Bonchev–Trinajstić information content (AvgIpc) is 2.31. The first-order valence-electron chi connectivity index (χ1n) is 5.62. The molecule has 0 aromatic heterocycles. The summed E-state index contributed by atoms with van der Waals surface area (Å²) in [5, 5.41) is 7.35. The molecule has 0 bridgehead atoms. The molecule has 0 aliphatic rings. The van der Waals surface area contributed by atoms with Crippen LogP contribution in [0.1, 0.15) is 6.42 Å². The molecular formula is C11H17N3O4S. The van der Waals surface area contributed by atoms with Crippen molar-refractivity contribution in [3.63, 3.8) is 0 Å². The van der Waals surface area contributed by atoms with Gasteiger partial charge in [-0.05, 0) is 18.6 Å². The molecule has 0 saturated carbocycles. The number of benzene rings is 1. The minimum absolute atomic E-state index is 0.154. The van der Waals surface area contributed by atoms with Crippen molar-refractivity contribution in [1.29, 1.82) is 0 Å². The van der Waals surface area contributed by atoms with Crippen molar-refractivity contribution in [2.45, 2.75) is 6.42 Å². The number of nitrogen functional groups attached to an aromatic ring is 1. The second-order valence-corrected chi connectivity index (χ2v) is 5.67. The summed E-state index contributed by atoms with van der Waals surface area (Å²) < 4.78 is 26.5. The largest absolute Gasteiger partial charge is 0.484 e.